The van der Waals surface area contributed by atoms with Crippen LogP contribution in [-0.4, -0.2) is 24.0 Å². The number of ether oxygens (including phenoxy) is 1. The highest BCUT2D eigenvalue weighted by Gasteiger charge is 2.20. The molecule has 0 radical (unpaired) electrons. The summed E-state index contributed by atoms with van der Waals surface area (Å²) in [5.74, 6) is -1.12. The number of aliphatic hydroxyl groups is 1. The second-order valence-electron chi connectivity index (χ2n) is 8.69. The zero-order chi connectivity index (χ0) is 21.0. The van der Waals surface area contributed by atoms with Gasteiger partial charge in [0.25, 0.3) is 0 Å². The molecule has 0 fully saturated rings. The van der Waals surface area contributed by atoms with E-state index >= 15 is 0 Å². The summed E-state index contributed by atoms with van der Waals surface area (Å²) in [6.45, 7) is 5.04. The normalized spacial score (nSPS) is 13.3. The number of rotatable bonds is 20. The maximum absolute atomic E-state index is 10.3. The number of para-hydroxylation sites is 1. The molecule has 0 aliphatic rings. The summed E-state index contributed by atoms with van der Waals surface area (Å²) in [7, 11) is 0. The van der Waals surface area contributed by atoms with Crippen molar-refractivity contribution in [3.8, 4) is 0 Å². The predicted molar refractivity (Wildman–Crippen MR) is 126 cm³/mol. The third kappa shape index (κ3) is 16.4. The lowest BCUT2D eigenvalue weighted by atomic mass is 10.0. The average molecular weight is 406 g/mol. The molecule has 168 valence electrons. The minimum atomic E-state index is -1.12. The monoisotopic (exact) mass is 405 g/mol. The van der Waals surface area contributed by atoms with Crippen LogP contribution in [-0.2, 0) is 4.74 Å². The third-order valence-electron chi connectivity index (χ3n) is 5.56. The molecule has 0 amide bonds. The topological polar surface area (TPSA) is 41.5 Å². The number of hydrogen-bond donors (Lipinski definition) is 2. The molecule has 2 N–H and O–H groups in total. The molecule has 3 heteroatoms. The Morgan fingerprint density at radius 3 is 1.66 bits per heavy atom. The number of unbranched alkanes of at least 4 members (excludes halogenated alkanes) is 14. The molecule has 0 saturated heterocycles. The number of anilines is 1. The van der Waals surface area contributed by atoms with Crippen LogP contribution in [0, 0.1) is 0 Å². The summed E-state index contributed by atoms with van der Waals surface area (Å²) >= 11 is 0. The summed E-state index contributed by atoms with van der Waals surface area (Å²) in [4.78, 5) is 0. The quantitative estimate of drug-likeness (QED) is 0.172. The van der Waals surface area contributed by atoms with Crippen molar-refractivity contribution in [3.63, 3.8) is 0 Å². The van der Waals surface area contributed by atoms with Gasteiger partial charge in [-0.05, 0) is 25.5 Å². The molecule has 1 aromatic rings. The lowest BCUT2D eigenvalue weighted by molar-refractivity contribution is -0.179. The van der Waals surface area contributed by atoms with E-state index in [9.17, 15) is 5.11 Å². The van der Waals surface area contributed by atoms with Gasteiger partial charge in [0.05, 0.1) is 13.2 Å². The van der Waals surface area contributed by atoms with Gasteiger partial charge < -0.3 is 15.2 Å². The standard InChI is InChI=1S/C26H47NO2/c1-3-4-5-6-7-8-9-10-11-12-13-14-15-16-20-23-29-26(2,28)24-27-25-21-18-17-19-22-25/h17-19,21-22,27-28H,3-16,20,23-24H2,1-2H3. The number of nitrogens with one attached hydrogen (secondary N) is 1. The first-order chi connectivity index (χ1) is 14.1. The molecule has 1 atom stereocenters. The number of benzene rings is 1. The van der Waals surface area contributed by atoms with Gasteiger partial charge in [0.2, 0.25) is 0 Å². The zero-order valence-electron chi connectivity index (χ0n) is 19.3. The summed E-state index contributed by atoms with van der Waals surface area (Å²) < 4.78 is 5.66. The highest BCUT2D eigenvalue weighted by molar-refractivity contribution is 5.42. The van der Waals surface area contributed by atoms with Crippen LogP contribution in [0.5, 0.6) is 0 Å². The van der Waals surface area contributed by atoms with Crippen molar-refractivity contribution in [1.82, 2.24) is 0 Å². The van der Waals surface area contributed by atoms with E-state index in [2.05, 4.69) is 12.2 Å². The molecular formula is C26H47NO2. The third-order valence-corrected chi connectivity index (χ3v) is 5.56. The van der Waals surface area contributed by atoms with Crippen molar-refractivity contribution in [1.29, 1.82) is 0 Å². The van der Waals surface area contributed by atoms with E-state index in [4.69, 9.17) is 4.74 Å². The first-order valence-electron chi connectivity index (χ1n) is 12.3. The van der Waals surface area contributed by atoms with E-state index in [1.54, 1.807) is 6.92 Å². The molecule has 0 spiro atoms. The maximum atomic E-state index is 10.3. The Kier molecular flexibility index (Phi) is 15.9. The Morgan fingerprint density at radius 1 is 0.724 bits per heavy atom. The fourth-order valence-electron chi connectivity index (χ4n) is 3.64. The molecule has 0 saturated carbocycles. The van der Waals surface area contributed by atoms with Gasteiger partial charge in [-0.15, -0.1) is 0 Å². The molecular weight excluding hydrogens is 358 g/mol. The lowest BCUT2D eigenvalue weighted by Crippen LogP contribution is -2.36. The van der Waals surface area contributed by atoms with Crippen LogP contribution in [0.4, 0.5) is 5.69 Å². The van der Waals surface area contributed by atoms with Crippen molar-refractivity contribution >= 4 is 5.69 Å². The Bertz CT molecular complexity index is 461. The van der Waals surface area contributed by atoms with Crippen molar-refractivity contribution in [2.24, 2.45) is 0 Å². The van der Waals surface area contributed by atoms with E-state index in [1.165, 1.54) is 89.9 Å². The number of hydrogen-bond acceptors (Lipinski definition) is 3. The predicted octanol–water partition coefficient (Wildman–Crippen LogP) is 7.70. The van der Waals surface area contributed by atoms with Gasteiger partial charge in [-0.1, -0.05) is 115 Å². The summed E-state index contributed by atoms with van der Waals surface area (Å²) in [5, 5.41) is 13.5. The Balaban J connectivity index is 1.82. The van der Waals surface area contributed by atoms with Crippen LogP contribution in [0.25, 0.3) is 0 Å². The van der Waals surface area contributed by atoms with Gasteiger partial charge in [0.15, 0.2) is 5.79 Å². The van der Waals surface area contributed by atoms with Gasteiger partial charge in [-0.25, -0.2) is 0 Å². The minimum absolute atomic E-state index is 0.399. The maximum Gasteiger partial charge on any atom is 0.180 e. The molecule has 0 bridgehead atoms. The Morgan fingerprint density at radius 2 is 1.17 bits per heavy atom. The van der Waals surface area contributed by atoms with Crippen molar-refractivity contribution in [2.75, 3.05) is 18.5 Å². The van der Waals surface area contributed by atoms with Crippen molar-refractivity contribution < 1.29 is 9.84 Å². The van der Waals surface area contributed by atoms with E-state index in [-0.39, 0.29) is 0 Å². The summed E-state index contributed by atoms with van der Waals surface area (Å²) in [6, 6.07) is 9.92. The van der Waals surface area contributed by atoms with Gasteiger partial charge >= 0.3 is 0 Å². The molecule has 1 unspecified atom stereocenters. The van der Waals surface area contributed by atoms with Crippen molar-refractivity contribution in [2.45, 2.75) is 116 Å². The molecule has 0 aromatic heterocycles. The fourth-order valence-corrected chi connectivity index (χ4v) is 3.64. The SMILES string of the molecule is CCCCCCCCCCCCCCCCCOC(C)(O)CNc1ccccc1. The highest BCUT2D eigenvalue weighted by Crippen LogP contribution is 2.14. The Hall–Kier alpha value is -1.06. The van der Waals surface area contributed by atoms with Crippen LogP contribution in [0.1, 0.15) is 110 Å². The van der Waals surface area contributed by atoms with Crippen LogP contribution in [0.2, 0.25) is 0 Å². The Labute approximate surface area is 180 Å². The molecule has 0 aliphatic carbocycles. The summed E-state index contributed by atoms with van der Waals surface area (Å²) in [6.07, 6.45) is 20.4. The van der Waals surface area contributed by atoms with Gasteiger partial charge in [0, 0.05) is 5.69 Å². The molecule has 0 heterocycles. The molecule has 3 nitrogen and oxygen atoms in total. The van der Waals surface area contributed by atoms with Gasteiger partial charge in [0.1, 0.15) is 0 Å². The fraction of sp³-hybridized carbons (Fsp3) is 0.769. The van der Waals surface area contributed by atoms with Gasteiger partial charge in [-0.3, -0.25) is 0 Å². The van der Waals surface area contributed by atoms with Gasteiger partial charge in [-0.2, -0.15) is 0 Å². The van der Waals surface area contributed by atoms with E-state index in [0.29, 0.717) is 13.2 Å². The molecule has 1 aromatic carbocycles. The van der Waals surface area contributed by atoms with Crippen LogP contribution in [0.3, 0.4) is 0 Å². The molecule has 0 aliphatic heterocycles. The van der Waals surface area contributed by atoms with Crippen LogP contribution in [0.15, 0.2) is 30.3 Å². The first-order valence-corrected chi connectivity index (χ1v) is 12.3. The molecule has 29 heavy (non-hydrogen) atoms. The zero-order valence-corrected chi connectivity index (χ0v) is 19.3. The van der Waals surface area contributed by atoms with Crippen LogP contribution >= 0.6 is 0 Å². The highest BCUT2D eigenvalue weighted by atomic mass is 16.6. The average Bonchev–Trinajstić information content (AvgIpc) is 2.73. The smallest absolute Gasteiger partial charge is 0.180 e. The van der Waals surface area contributed by atoms with Crippen LogP contribution < -0.4 is 5.32 Å². The first kappa shape index (κ1) is 26.0. The summed E-state index contributed by atoms with van der Waals surface area (Å²) in [5.41, 5.74) is 1.00. The molecule has 1 rings (SSSR count). The lowest BCUT2D eigenvalue weighted by Gasteiger charge is -2.24. The largest absolute Gasteiger partial charge is 0.380 e. The second kappa shape index (κ2) is 17.8. The minimum Gasteiger partial charge on any atom is -0.380 e. The van der Waals surface area contributed by atoms with E-state index in [1.807, 2.05) is 30.3 Å². The second-order valence-corrected chi connectivity index (χ2v) is 8.69. The van der Waals surface area contributed by atoms with E-state index in [0.717, 1.165) is 12.1 Å². The van der Waals surface area contributed by atoms with Crippen molar-refractivity contribution in [3.05, 3.63) is 30.3 Å². The van der Waals surface area contributed by atoms with E-state index < -0.39 is 5.79 Å².